The van der Waals surface area contributed by atoms with Gasteiger partial charge in [0, 0.05) is 30.2 Å². The number of thioether (sulfide) groups is 1. The van der Waals surface area contributed by atoms with E-state index in [2.05, 4.69) is 15.2 Å². The molecule has 2 aromatic heterocycles. The van der Waals surface area contributed by atoms with Crippen LogP contribution in [0.15, 0.2) is 84.3 Å². The average Bonchev–Trinajstić information content (AvgIpc) is 3.25. The van der Waals surface area contributed by atoms with Gasteiger partial charge in [-0.2, -0.15) is 0 Å². The highest BCUT2D eigenvalue weighted by atomic mass is 32.2. The summed E-state index contributed by atoms with van der Waals surface area (Å²) in [5.74, 6) is 1.08. The third kappa shape index (κ3) is 5.06. The van der Waals surface area contributed by atoms with E-state index >= 15 is 0 Å². The highest BCUT2D eigenvalue weighted by Gasteiger charge is 2.19. The smallest absolute Gasteiger partial charge is 0.237 e. The summed E-state index contributed by atoms with van der Waals surface area (Å²) in [6.07, 6.45) is 3.48. The molecule has 0 unspecified atom stereocenters. The predicted molar refractivity (Wildman–Crippen MR) is 128 cm³/mol. The van der Waals surface area contributed by atoms with Gasteiger partial charge in [-0.15, -0.1) is 10.2 Å². The van der Waals surface area contributed by atoms with Crippen molar-refractivity contribution in [1.82, 2.24) is 19.7 Å². The number of aromatic nitrogens is 4. The van der Waals surface area contributed by atoms with Crippen LogP contribution in [0.4, 0.5) is 5.69 Å². The number of hydrogen-bond donors (Lipinski definition) is 0. The number of nitrogens with zero attached hydrogens (tertiary/aromatic N) is 5. The Hall–Kier alpha value is -3.45. The van der Waals surface area contributed by atoms with E-state index in [0.29, 0.717) is 13.1 Å². The molecule has 4 aromatic rings. The van der Waals surface area contributed by atoms with Gasteiger partial charge in [-0.05, 0) is 49.2 Å². The largest absolute Gasteiger partial charge is 0.307 e. The Bertz CT molecular complexity index is 1180. The summed E-state index contributed by atoms with van der Waals surface area (Å²) in [7, 11) is 0. The minimum absolute atomic E-state index is 0.0283. The lowest BCUT2D eigenvalue weighted by molar-refractivity contribution is -0.116. The second-order valence-electron chi connectivity index (χ2n) is 7.38. The maximum atomic E-state index is 13.3. The van der Waals surface area contributed by atoms with E-state index in [9.17, 15) is 4.79 Å². The minimum atomic E-state index is 0.0283. The molecule has 0 saturated carbocycles. The SMILES string of the molecule is CCn1c(SCC(=O)N(Cc2ccccc2)c2cccc(C)c2)nnc1-c1ccncc1. The van der Waals surface area contributed by atoms with Crippen molar-refractivity contribution >= 4 is 23.4 Å². The van der Waals surface area contributed by atoms with E-state index in [0.717, 1.165) is 33.4 Å². The first-order valence-corrected chi connectivity index (χ1v) is 11.5. The molecule has 32 heavy (non-hydrogen) atoms. The van der Waals surface area contributed by atoms with Crippen LogP contribution in [0.25, 0.3) is 11.4 Å². The van der Waals surface area contributed by atoms with Crippen LogP contribution in [-0.4, -0.2) is 31.4 Å². The summed E-state index contributed by atoms with van der Waals surface area (Å²) in [5.41, 5.74) is 4.06. The topological polar surface area (TPSA) is 63.9 Å². The van der Waals surface area contributed by atoms with E-state index in [1.165, 1.54) is 11.8 Å². The highest BCUT2D eigenvalue weighted by Crippen LogP contribution is 2.25. The first-order valence-electron chi connectivity index (χ1n) is 10.5. The third-order valence-corrected chi connectivity index (χ3v) is 6.05. The van der Waals surface area contributed by atoms with Crippen LogP contribution in [0.1, 0.15) is 18.1 Å². The number of carbonyl (C=O) groups is 1. The second kappa shape index (κ2) is 10.2. The monoisotopic (exact) mass is 443 g/mol. The molecular weight excluding hydrogens is 418 g/mol. The molecule has 0 spiro atoms. The predicted octanol–water partition coefficient (Wildman–Crippen LogP) is 4.99. The number of amides is 1. The van der Waals surface area contributed by atoms with Gasteiger partial charge >= 0.3 is 0 Å². The maximum Gasteiger partial charge on any atom is 0.237 e. The normalized spacial score (nSPS) is 10.8. The van der Waals surface area contributed by atoms with Crippen molar-refractivity contribution < 1.29 is 4.79 Å². The molecule has 2 aromatic carbocycles. The fourth-order valence-electron chi connectivity index (χ4n) is 3.48. The molecule has 0 bridgehead atoms. The van der Waals surface area contributed by atoms with E-state index in [4.69, 9.17) is 0 Å². The molecule has 0 N–H and O–H groups in total. The number of anilines is 1. The summed E-state index contributed by atoms with van der Waals surface area (Å²) >= 11 is 1.42. The Balaban J connectivity index is 1.54. The number of benzene rings is 2. The lowest BCUT2D eigenvalue weighted by atomic mass is 10.1. The van der Waals surface area contributed by atoms with E-state index in [1.54, 1.807) is 12.4 Å². The van der Waals surface area contributed by atoms with Gasteiger partial charge in [0.15, 0.2) is 11.0 Å². The Morgan fingerprint density at radius 2 is 1.78 bits per heavy atom. The average molecular weight is 444 g/mol. The second-order valence-corrected chi connectivity index (χ2v) is 8.32. The van der Waals surface area contributed by atoms with Crippen LogP contribution < -0.4 is 4.90 Å². The zero-order valence-electron chi connectivity index (χ0n) is 18.2. The van der Waals surface area contributed by atoms with Gasteiger partial charge in [-0.1, -0.05) is 54.2 Å². The fraction of sp³-hybridized carbons (Fsp3) is 0.200. The number of rotatable bonds is 8. The lowest BCUT2D eigenvalue weighted by Gasteiger charge is -2.23. The summed E-state index contributed by atoms with van der Waals surface area (Å²) in [6.45, 7) is 5.32. The standard InChI is InChI=1S/C25H25N5OS/c1-3-29-24(21-12-14-26-15-13-21)27-28-25(29)32-18-23(31)30(17-20-9-5-4-6-10-20)22-11-7-8-19(2)16-22/h4-16H,3,17-18H2,1-2H3. The molecule has 0 aliphatic heterocycles. The lowest BCUT2D eigenvalue weighted by Crippen LogP contribution is -2.32. The van der Waals surface area contributed by atoms with Crippen molar-refractivity contribution in [3.63, 3.8) is 0 Å². The molecular formula is C25H25N5OS. The van der Waals surface area contributed by atoms with Crippen molar-refractivity contribution in [2.45, 2.75) is 32.1 Å². The first kappa shape index (κ1) is 21.8. The van der Waals surface area contributed by atoms with Gasteiger partial charge in [0.1, 0.15) is 0 Å². The molecule has 0 aliphatic carbocycles. The number of aryl methyl sites for hydroxylation is 1. The van der Waals surface area contributed by atoms with E-state index in [-0.39, 0.29) is 11.7 Å². The summed E-state index contributed by atoms with van der Waals surface area (Å²) < 4.78 is 2.03. The van der Waals surface area contributed by atoms with Crippen LogP contribution >= 0.6 is 11.8 Å². The van der Waals surface area contributed by atoms with Gasteiger partial charge in [0.05, 0.1) is 12.3 Å². The van der Waals surface area contributed by atoms with Crippen molar-refractivity contribution in [3.8, 4) is 11.4 Å². The van der Waals surface area contributed by atoms with Crippen LogP contribution in [-0.2, 0) is 17.9 Å². The summed E-state index contributed by atoms with van der Waals surface area (Å²) in [5, 5.41) is 9.44. The molecule has 6 nitrogen and oxygen atoms in total. The quantitative estimate of drug-likeness (QED) is 0.359. The van der Waals surface area contributed by atoms with Crippen molar-refractivity contribution in [1.29, 1.82) is 0 Å². The van der Waals surface area contributed by atoms with Gasteiger partial charge in [-0.25, -0.2) is 0 Å². The van der Waals surface area contributed by atoms with Gasteiger partial charge in [0.25, 0.3) is 0 Å². The Labute approximate surface area is 192 Å². The molecule has 0 aliphatic rings. The fourth-order valence-corrected chi connectivity index (χ4v) is 4.36. The third-order valence-electron chi connectivity index (χ3n) is 5.09. The summed E-state index contributed by atoms with van der Waals surface area (Å²) in [4.78, 5) is 19.3. The Morgan fingerprint density at radius 1 is 1.00 bits per heavy atom. The number of hydrogen-bond acceptors (Lipinski definition) is 5. The van der Waals surface area contributed by atoms with Gasteiger partial charge < -0.3 is 9.47 Å². The number of carbonyl (C=O) groups excluding carboxylic acids is 1. The zero-order chi connectivity index (χ0) is 22.3. The van der Waals surface area contributed by atoms with Crippen molar-refractivity contribution in [2.24, 2.45) is 0 Å². The Morgan fingerprint density at radius 3 is 2.50 bits per heavy atom. The molecule has 1 amide bonds. The Kier molecular flexibility index (Phi) is 6.97. The molecule has 0 fully saturated rings. The molecule has 0 atom stereocenters. The van der Waals surface area contributed by atoms with Gasteiger partial charge in [-0.3, -0.25) is 9.78 Å². The maximum absolute atomic E-state index is 13.3. The van der Waals surface area contributed by atoms with Crippen LogP contribution in [0, 0.1) is 6.92 Å². The van der Waals surface area contributed by atoms with Crippen LogP contribution in [0.5, 0.6) is 0 Å². The van der Waals surface area contributed by atoms with E-state index in [1.807, 2.05) is 90.0 Å². The van der Waals surface area contributed by atoms with Crippen molar-refractivity contribution in [3.05, 3.63) is 90.3 Å². The van der Waals surface area contributed by atoms with E-state index < -0.39 is 0 Å². The molecule has 2 heterocycles. The molecule has 162 valence electrons. The van der Waals surface area contributed by atoms with Gasteiger partial charge in [0.2, 0.25) is 5.91 Å². The number of pyridine rings is 1. The van der Waals surface area contributed by atoms with Crippen LogP contribution in [0.2, 0.25) is 0 Å². The summed E-state index contributed by atoms with van der Waals surface area (Å²) in [6, 6.07) is 21.9. The molecule has 4 rings (SSSR count). The molecule has 0 radical (unpaired) electrons. The first-order chi connectivity index (χ1) is 15.7. The minimum Gasteiger partial charge on any atom is -0.307 e. The molecule has 7 heteroatoms. The zero-order valence-corrected chi connectivity index (χ0v) is 19.0. The highest BCUT2D eigenvalue weighted by molar-refractivity contribution is 7.99. The van der Waals surface area contributed by atoms with Crippen molar-refractivity contribution in [2.75, 3.05) is 10.7 Å². The molecule has 0 saturated heterocycles. The van der Waals surface area contributed by atoms with Crippen LogP contribution in [0.3, 0.4) is 0 Å².